The van der Waals surface area contributed by atoms with Gasteiger partial charge in [-0.25, -0.2) is 0 Å². The van der Waals surface area contributed by atoms with Gasteiger partial charge in [0, 0.05) is 7.11 Å². The van der Waals surface area contributed by atoms with Crippen molar-refractivity contribution in [1.29, 1.82) is 0 Å². The van der Waals surface area contributed by atoms with Gasteiger partial charge in [0.2, 0.25) is 0 Å². The highest BCUT2D eigenvalue weighted by molar-refractivity contribution is 4.77. The van der Waals surface area contributed by atoms with E-state index in [0.717, 1.165) is 19.3 Å². The molecular weight excluding hydrogens is 170 g/mol. The maximum atomic E-state index is 9.55. The van der Waals surface area contributed by atoms with E-state index in [9.17, 15) is 5.11 Å². The minimum Gasteiger partial charge on any atom is -0.391 e. The summed E-state index contributed by atoms with van der Waals surface area (Å²) in [5.74, 6) is 0. The Morgan fingerprint density at radius 1 is 1.31 bits per heavy atom. The first-order valence-corrected chi connectivity index (χ1v) is 4.89. The molecule has 13 heavy (non-hydrogen) atoms. The van der Waals surface area contributed by atoms with Crippen LogP contribution in [-0.4, -0.2) is 37.6 Å². The molecule has 4 heteroatoms. The summed E-state index contributed by atoms with van der Waals surface area (Å²) in [4.78, 5) is 5.15. The molecule has 2 unspecified atom stereocenters. The van der Waals surface area contributed by atoms with E-state index in [0.29, 0.717) is 13.2 Å². The average Bonchev–Trinajstić information content (AvgIpc) is 2.15. The highest BCUT2D eigenvalue weighted by Gasteiger charge is 2.22. The third kappa shape index (κ3) is 4.04. The molecule has 0 aromatic heterocycles. The van der Waals surface area contributed by atoms with Gasteiger partial charge in [-0.3, -0.25) is 4.84 Å². The van der Waals surface area contributed by atoms with Crippen LogP contribution in [0.2, 0.25) is 0 Å². The topological polar surface area (TPSA) is 50.7 Å². The second-order valence-electron chi connectivity index (χ2n) is 3.42. The van der Waals surface area contributed by atoms with Gasteiger partial charge in [0.15, 0.2) is 0 Å². The number of ether oxygens (including phenoxy) is 1. The minimum atomic E-state index is -0.253. The van der Waals surface area contributed by atoms with Gasteiger partial charge >= 0.3 is 0 Å². The van der Waals surface area contributed by atoms with Gasteiger partial charge in [0.25, 0.3) is 0 Å². The zero-order valence-electron chi connectivity index (χ0n) is 8.16. The highest BCUT2D eigenvalue weighted by Crippen LogP contribution is 2.17. The quantitative estimate of drug-likeness (QED) is 0.487. The Hall–Kier alpha value is -0.160. The lowest BCUT2D eigenvalue weighted by Gasteiger charge is -2.27. The molecule has 0 amide bonds. The van der Waals surface area contributed by atoms with E-state index in [2.05, 4.69) is 5.48 Å². The molecule has 2 N–H and O–H groups in total. The van der Waals surface area contributed by atoms with E-state index in [1.54, 1.807) is 7.11 Å². The first-order valence-electron chi connectivity index (χ1n) is 4.89. The number of methoxy groups -OCH3 is 1. The summed E-state index contributed by atoms with van der Waals surface area (Å²) in [6, 6.07) is 0.102. The molecule has 1 aliphatic carbocycles. The number of hydrogen-bond donors (Lipinski definition) is 2. The molecule has 0 bridgehead atoms. The first-order chi connectivity index (χ1) is 6.34. The molecule has 0 spiro atoms. The van der Waals surface area contributed by atoms with Crippen molar-refractivity contribution in [2.45, 2.75) is 37.8 Å². The van der Waals surface area contributed by atoms with E-state index < -0.39 is 0 Å². The summed E-state index contributed by atoms with van der Waals surface area (Å²) in [5, 5.41) is 9.55. The lowest BCUT2D eigenvalue weighted by molar-refractivity contribution is -0.0505. The Bertz CT molecular complexity index is 132. The summed E-state index contributed by atoms with van der Waals surface area (Å²) in [7, 11) is 1.64. The molecule has 1 rings (SSSR count). The van der Waals surface area contributed by atoms with Crippen molar-refractivity contribution in [2.75, 3.05) is 20.3 Å². The van der Waals surface area contributed by atoms with Crippen molar-refractivity contribution >= 4 is 0 Å². The van der Waals surface area contributed by atoms with Crippen LogP contribution >= 0.6 is 0 Å². The van der Waals surface area contributed by atoms with Crippen molar-refractivity contribution in [3.05, 3.63) is 0 Å². The Labute approximate surface area is 79.2 Å². The van der Waals surface area contributed by atoms with Crippen LogP contribution in [0, 0.1) is 0 Å². The van der Waals surface area contributed by atoms with E-state index in [1.165, 1.54) is 6.42 Å². The van der Waals surface area contributed by atoms with E-state index in [4.69, 9.17) is 9.57 Å². The summed E-state index contributed by atoms with van der Waals surface area (Å²) in [5.41, 5.74) is 2.88. The van der Waals surface area contributed by atoms with Crippen LogP contribution in [0.5, 0.6) is 0 Å². The van der Waals surface area contributed by atoms with E-state index in [1.807, 2.05) is 0 Å². The normalized spacial score (nSPS) is 29.1. The zero-order valence-corrected chi connectivity index (χ0v) is 8.16. The number of rotatable bonds is 5. The fourth-order valence-corrected chi connectivity index (χ4v) is 1.54. The van der Waals surface area contributed by atoms with Crippen LogP contribution in [0.1, 0.15) is 25.7 Å². The molecule has 1 saturated carbocycles. The fraction of sp³-hybridized carbons (Fsp3) is 1.00. The minimum absolute atomic E-state index is 0.102. The van der Waals surface area contributed by atoms with Crippen LogP contribution in [0.15, 0.2) is 0 Å². The van der Waals surface area contributed by atoms with Gasteiger partial charge in [0.05, 0.1) is 25.4 Å². The lowest BCUT2D eigenvalue weighted by Crippen LogP contribution is -2.42. The number of hydroxylamine groups is 1. The van der Waals surface area contributed by atoms with Crippen molar-refractivity contribution in [3.63, 3.8) is 0 Å². The summed E-state index contributed by atoms with van der Waals surface area (Å²) in [6.07, 6.45) is 3.91. The zero-order chi connectivity index (χ0) is 9.52. The van der Waals surface area contributed by atoms with Gasteiger partial charge < -0.3 is 9.84 Å². The fourth-order valence-electron chi connectivity index (χ4n) is 1.54. The number of hydrogen-bond acceptors (Lipinski definition) is 4. The van der Waals surface area contributed by atoms with Gasteiger partial charge in [-0.1, -0.05) is 12.8 Å². The molecule has 0 aromatic carbocycles. The maximum absolute atomic E-state index is 9.55. The Morgan fingerprint density at radius 2 is 2.08 bits per heavy atom. The Balaban J connectivity index is 2.05. The monoisotopic (exact) mass is 189 g/mol. The van der Waals surface area contributed by atoms with Crippen LogP contribution in [0.4, 0.5) is 0 Å². The molecule has 0 aliphatic heterocycles. The molecule has 2 atom stereocenters. The van der Waals surface area contributed by atoms with Crippen LogP contribution in [0.3, 0.4) is 0 Å². The molecule has 0 radical (unpaired) electrons. The third-order valence-corrected chi connectivity index (χ3v) is 2.35. The van der Waals surface area contributed by atoms with Gasteiger partial charge in [-0.2, -0.15) is 5.48 Å². The van der Waals surface area contributed by atoms with E-state index >= 15 is 0 Å². The Kier molecular flexibility index (Phi) is 5.31. The number of nitrogens with one attached hydrogen (secondary N) is 1. The average molecular weight is 189 g/mol. The molecule has 0 heterocycles. The molecule has 78 valence electrons. The predicted octanol–water partition coefficient (Wildman–Crippen LogP) is 0.457. The van der Waals surface area contributed by atoms with Crippen LogP contribution in [0.25, 0.3) is 0 Å². The lowest BCUT2D eigenvalue weighted by atomic mass is 9.93. The van der Waals surface area contributed by atoms with Crippen LogP contribution < -0.4 is 5.48 Å². The third-order valence-electron chi connectivity index (χ3n) is 2.35. The molecule has 1 fully saturated rings. The summed E-state index contributed by atoms with van der Waals surface area (Å²) in [6.45, 7) is 1.11. The standard InChI is InChI=1S/C9H19NO3/c1-12-6-7-13-10-8-4-2-3-5-9(8)11/h8-11H,2-7H2,1H3. The smallest absolute Gasteiger partial charge is 0.0916 e. The van der Waals surface area contributed by atoms with Crippen molar-refractivity contribution in [3.8, 4) is 0 Å². The van der Waals surface area contributed by atoms with Gasteiger partial charge in [0.1, 0.15) is 0 Å². The second-order valence-corrected chi connectivity index (χ2v) is 3.42. The Morgan fingerprint density at radius 3 is 2.77 bits per heavy atom. The van der Waals surface area contributed by atoms with E-state index in [-0.39, 0.29) is 12.1 Å². The largest absolute Gasteiger partial charge is 0.391 e. The second kappa shape index (κ2) is 6.32. The first kappa shape index (κ1) is 10.9. The summed E-state index contributed by atoms with van der Waals surface area (Å²) < 4.78 is 4.83. The number of aliphatic hydroxyl groups is 1. The molecule has 1 aliphatic rings. The van der Waals surface area contributed by atoms with Crippen molar-refractivity contribution in [1.82, 2.24) is 5.48 Å². The maximum Gasteiger partial charge on any atom is 0.0916 e. The highest BCUT2D eigenvalue weighted by atomic mass is 16.7. The van der Waals surface area contributed by atoms with Crippen molar-refractivity contribution < 1.29 is 14.7 Å². The summed E-state index contributed by atoms with van der Waals surface area (Å²) >= 11 is 0. The SMILES string of the molecule is COCCONC1CCCCC1O. The van der Waals surface area contributed by atoms with Gasteiger partial charge in [-0.15, -0.1) is 0 Å². The molecule has 0 saturated heterocycles. The van der Waals surface area contributed by atoms with Crippen molar-refractivity contribution in [2.24, 2.45) is 0 Å². The van der Waals surface area contributed by atoms with Crippen LogP contribution in [-0.2, 0) is 9.57 Å². The molecule has 0 aromatic rings. The van der Waals surface area contributed by atoms with Gasteiger partial charge in [-0.05, 0) is 12.8 Å². The predicted molar refractivity (Wildman–Crippen MR) is 49.2 cm³/mol. The molecular formula is C9H19NO3. The number of aliphatic hydroxyl groups excluding tert-OH is 1. The molecule has 4 nitrogen and oxygen atoms in total.